The van der Waals surface area contributed by atoms with E-state index in [-0.39, 0.29) is 23.7 Å². The lowest BCUT2D eigenvalue weighted by Crippen LogP contribution is -2.31. The average molecular weight is 259 g/mol. The van der Waals surface area contributed by atoms with Crippen LogP contribution in [0, 0.1) is 11.8 Å². The number of hydrogen-bond acceptors (Lipinski definition) is 3. The Morgan fingerprint density at radius 3 is 2.11 bits per heavy atom. The molecule has 0 radical (unpaired) electrons. The van der Waals surface area contributed by atoms with Crippen LogP contribution in [-0.4, -0.2) is 11.8 Å². The Bertz CT molecular complexity index is 526. The van der Waals surface area contributed by atoms with Crippen LogP contribution in [0.5, 0.6) is 0 Å². The fraction of sp³-hybridized carbons (Fsp3) is 0.286. The van der Waals surface area contributed by atoms with Crippen molar-refractivity contribution in [2.24, 2.45) is 11.8 Å². The minimum atomic E-state index is -0.185. The Labute approximate surface area is 111 Å². The fourth-order valence-corrected chi connectivity index (χ4v) is 2.95. The minimum absolute atomic E-state index is 0.0872. The molecule has 3 rings (SSSR count). The molecular formula is C14H13NO2S. The first-order valence-corrected chi connectivity index (χ1v) is 6.45. The Hall–Kier alpha value is -1.55. The van der Waals surface area contributed by atoms with Crippen molar-refractivity contribution in [3.63, 3.8) is 0 Å². The molecule has 92 valence electrons. The number of amides is 2. The Kier molecular flexibility index (Phi) is 2.74. The highest BCUT2D eigenvalue weighted by atomic mass is 32.1. The molecule has 1 aromatic rings. The van der Waals surface area contributed by atoms with E-state index in [4.69, 9.17) is 0 Å². The maximum Gasteiger partial charge on any atom is 0.238 e. The summed E-state index contributed by atoms with van der Waals surface area (Å²) in [7, 11) is 0. The van der Waals surface area contributed by atoms with E-state index in [9.17, 15) is 9.59 Å². The number of fused-ring (bicyclic) bond motifs is 1. The zero-order valence-corrected chi connectivity index (χ0v) is 10.6. The third-order valence-corrected chi connectivity index (χ3v) is 4.01. The lowest BCUT2D eigenvalue weighted by Gasteiger charge is -2.16. The van der Waals surface area contributed by atoms with E-state index >= 15 is 0 Å². The van der Waals surface area contributed by atoms with Gasteiger partial charge in [0, 0.05) is 4.90 Å². The largest absolute Gasteiger partial charge is 0.274 e. The molecule has 3 nitrogen and oxygen atoms in total. The molecule has 1 heterocycles. The van der Waals surface area contributed by atoms with Crippen molar-refractivity contribution in [1.82, 2.24) is 0 Å². The first kappa shape index (κ1) is 11.5. The van der Waals surface area contributed by atoms with Gasteiger partial charge >= 0.3 is 0 Å². The fourth-order valence-electron chi connectivity index (χ4n) is 2.69. The molecule has 0 aromatic heterocycles. The van der Waals surface area contributed by atoms with Gasteiger partial charge in [-0.15, -0.1) is 12.6 Å². The summed E-state index contributed by atoms with van der Waals surface area (Å²) in [4.78, 5) is 26.6. The van der Waals surface area contributed by atoms with Gasteiger partial charge in [-0.1, -0.05) is 24.3 Å². The lowest BCUT2D eigenvalue weighted by molar-refractivity contribution is -0.122. The number of carbonyl (C=O) groups excluding carboxylic acids is 2. The number of thiol groups is 1. The van der Waals surface area contributed by atoms with E-state index in [2.05, 4.69) is 12.6 Å². The molecular weight excluding hydrogens is 246 g/mol. The zero-order chi connectivity index (χ0) is 12.7. The topological polar surface area (TPSA) is 37.4 Å². The highest BCUT2D eigenvalue weighted by Crippen LogP contribution is 2.39. The van der Waals surface area contributed by atoms with Crippen molar-refractivity contribution in [2.45, 2.75) is 17.7 Å². The molecule has 18 heavy (non-hydrogen) atoms. The van der Waals surface area contributed by atoms with Crippen LogP contribution in [-0.2, 0) is 9.59 Å². The second-order valence-corrected chi connectivity index (χ2v) is 5.14. The van der Waals surface area contributed by atoms with Gasteiger partial charge in [0.15, 0.2) is 0 Å². The Morgan fingerprint density at radius 1 is 1.00 bits per heavy atom. The van der Waals surface area contributed by atoms with Crippen molar-refractivity contribution in [3.8, 4) is 0 Å². The number of anilines is 1. The summed E-state index contributed by atoms with van der Waals surface area (Å²) >= 11 is 4.33. The van der Waals surface area contributed by atoms with Gasteiger partial charge in [0.05, 0.1) is 17.5 Å². The highest BCUT2D eigenvalue weighted by Gasteiger charge is 2.48. The number of hydrogen-bond donors (Lipinski definition) is 1. The zero-order valence-electron chi connectivity index (χ0n) is 9.74. The van der Waals surface area contributed by atoms with Crippen LogP contribution < -0.4 is 4.90 Å². The second-order valence-electron chi connectivity index (χ2n) is 4.66. The number of benzene rings is 1. The van der Waals surface area contributed by atoms with Crippen molar-refractivity contribution < 1.29 is 9.59 Å². The Balaban J connectivity index is 2.02. The van der Waals surface area contributed by atoms with Gasteiger partial charge in [-0.25, -0.2) is 4.90 Å². The van der Waals surface area contributed by atoms with Gasteiger partial charge in [0.2, 0.25) is 11.8 Å². The molecule has 2 aliphatic rings. The highest BCUT2D eigenvalue weighted by molar-refractivity contribution is 7.80. The molecule has 0 spiro atoms. The van der Waals surface area contributed by atoms with Crippen LogP contribution in [0.15, 0.2) is 41.3 Å². The molecule has 2 unspecified atom stereocenters. The van der Waals surface area contributed by atoms with Gasteiger partial charge in [0.1, 0.15) is 0 Å². The number of nitrogens with zero attached hydrogens (tertiary/aromatic N) is 1. The number of para-hydroxylation sites is 1. The molecule has 1 fully saturated rings. The Morgan fingerprint density at radius 2 is 1.56 bits per heavy atom. The van der Waals surface area contributed by atoms with Crippen molar-refractivity contribution in [2.75, 3.05) is 4.90 Å². The summed E-state index contributed by atoms with van der Waals surface area (Å²) in [5, 5.41) is 0. The predicted octanol–water partition coefficient (Wildman–Crippen LogP) is 2.43. The molecule has 2 atom stereocenters. The van der Waals surface area contributed by atoms with Crippen molar-refractivity contribution in [1.29, 1.82) is 0 Å². The maximum absolute atomic E-state index is 12.3. The van der Waals surface area contributed by atoms with E-state index < -0.39 is 0 Å². The molecule has 0 N–H and O–H groups in total. The van der Waals surface area contributed by atoms with Crippen LogP contribution in [0.25, 0.3) is 0 Å². The number of rotatable bonds is 1. The van der Waals surface area contributed by atoms with Gasteiger partial charge < -0.3 is 0 Å². The van der Waals surface area contributed by atoms with Crippen LogP contribution in [0.4, 0.5) is 5.69 Å². The van der Waals surface area contributed by atoms with E-state index in [1.54, 1.807) is 12.1 Å². The number of imide groups is 1. The molecule has 2 amide bonds. The van der Waals surface area contributed by atoms with E-state index in [0.717, 1.165) is 0 Å². The summed E-state index contributed by atoms with van der Waals surface area (Å²) in [6, 6.07) is 7.21. The maximum atomic E-state index is 12.3. The van der Waals surface area contributed by atoms with Crippen LogP contribution in [0.2, 0.25) is 0 Å². The van der Waals surface area contributed by atoms with Gasteiger partial charge in [0.25, 0.3) is 0 Å². The van der Waals surface area contributed by atoms with E-state index in [1.165, 1.54) is 4.90 Å². The van der Waals surface area contributed by atoms with Crippen molar-refractivity contribution in [3.05, 3.63) is 36.4 Å². The van der Waals surface area contributed by atoms with Crippen LogP contribution >= 0.6 is 12.6 Å². The van der Waals surface area contributed by atoms with Gasteiger partial charge in [-0.3, -0.25) is 9.59 Å². The summed E-state index contributed by atoms with van der Waals surface area (Å²) in [5.41, 5.74) is 0.602. The van der Waals surface area contributed by atoms with Crippen LogP contribution in [0.1, 0.15) is 12.8 Å². The second kappa shape index (κ2) is 4.28. The normalized spacial score (nSPS) is 26.6. The summed E-state index contributed by atoms with van der Waals surface area (Å²) in [6.07, 6.45) is 5.31. The molecule has 4 heteroatoms. The number of allylic oxidation sites excluding steroid dienone is 2. The summed E-state index contributed by atoms with van der Waals surface area (Å²) in [6.45, 7) is 0. The first-order chi connectivity index (χ1) is 8.70. The van der Waals surface area contributed by atoms with E-state index in [1.807, 2.05) is 24.3 Å². The van der Waals surface area contributed by atoms with Gasteiger partial charge in [-0.2, -0.15) is 0 Å². The molecule has 0 bridgehead atoms. The first-order valence-electron chi connectivity index (χ1n) is 6.01. The molecule has 1 aliphatic heterocycles. The SMILES string of the molecule is O=C1C2CC=CCC2C(=O)N1c1ccccc1S. The van der Waals surface area contributed by atoms with E-state index in [0.29, 0.717) is 23.4 Å². The smallest absolute Gasteiger partial charge is 0.238 e. The lowest BCUT2D eigenvalue weighted by atomic mass is 9.85. The molecule has 1 aromatic carbocycles. The van der Waals surface area contributed by atoms with Gasteiger partial charge in [-0.05, 0) is 25.0 Å². The third kappa shape index (κ3) is 1.60. The minimum Gasteiger partial charge on any atom is -0.274 e. The molecule has 0 saturated carbocycles. The monoisotopic (exact) mass is 259 g/mol. The van der Waals surface area contributed by atoms with Crippen molar-refractivity contribution >= 4 is 30.1 Å². The summed E-state index contributed by atoms with van der Waals surface area (Å²) < 4.78 is 0. The number of carbonyl (C=O) groups is 2. The molecule has 1 aliphatic carbocycles. The predicted molar refractivity (Wildman–Crippen MR) is 71.5 cm³/mol. The molecule has 1 saturated heterocycles. The third-order valence-electron chi connectivity index (χ3n) is 3.63. The standard InChI is InChI=1S/C14H13NO2S/c16-13-9-5-1-2-6-10(9)14(17)15(13)11-7-3-4-8-12(11)18/h1-4,7-10,18H,5-6H2. The quantitative estimate of drug-likeness (QED) is 0.478. The summed E-state index contributed by atoms with van der Waals surface area (Å²) in [5.74, 6) is -0.544. The average Bonchev–Trinajstić information content (AvgIpc) is 2.64. The van der Waals surface area contributed by atoms with Crippen LogP contribution in [0.3, 0.4) is 0 Å².